The molecule has 0 saturated heterocycles. The molecular formula is C8H5FN. The van der Waals surface area contributed by atoms with Gasteiger partial charge in [-0.25, -0.2) is 4.39 Å². The molecule has 0 saturated carbocycles. The molecule has 1 heterocycles. The minimum atomic E-state index is -0.199. The largest absolute Gasteiger partial charge is 0.256 e. The normalized spacial score (nSPS) is 12.9. The molecule has 1 aromatic rings. The van der Waals surface area contributed by atoms with Crippen LogP contribution in [0.5, 0.6) is 0 Å². The zero-order valence-electron chi connectivity index (χ0n) is 5.21. The number of halogens is 1. The minimum Gasteiger partial charge on any atom is -0.256 e. The summed E-state index contributed by atoms with van der Waals surface area (Å²) >= 11 is 0. The molecule has 1 aliphatic heterocycles. The zero-order valence-corrected chi connectivity index (χ0v) is 5.21. The molecule has 0 aromatic heterocycles. The maximum atomic E-state index is 12.8. The highest BCUT2D eigenvalue weighted by Crippen LogP contribution is 2.24. The van der Waals surface area contributed by atoms with Crippen LogP contribution in [0.15, 0.2) is 24.4 Å². The zero-order chi connectivity index (χ0) is 6.97. The van der Waals surface area contributed by atoms with Crippen LogP contribution in [0.4, 0.5) is 10.1 Å². The van der Waals surface area contributed by atoms with Gasteiger partial charge in [0.25, 0.3) is 0 Å². The van der Waals surface area contributed by atoms with Gasteiger partial charge in [-0.3, -0.25) is 5.32 Å². The Labute approximate surface area is 58.2 Å². The smallest absolute Gasteiger partial charge is 0.132 e. The summed E-state index contributed by atoms with van der Waals surface area (Å²) in [5.74, 6) is -0.199. The molecule has 0 fully saturated rings. The molecule has 0 amide bonds. The summed E-state index contributed by atoms with van der Waals surface area (Å²) in [5, 5.41) is 3.94. The number of benzene rings is 1. The highest BCUT2D eigenvalue weighted by molar-refractivity contribution is 5.69. The topological polar surface area (TPSA) is 14.1 Å². The van der Waals surface area contributed by atoms with Crippen LogP contribution in [-0.4, -0.2) is 0 Å². The molecule has 0 spiro atoms. The van der Waals surface area contributed by atoms with Gasteiger partial charge in [0.2, 0.25) is 0 Å². The Balaban J connectivity index is 2.67. The monoisotopic (exact) mass is 134 g/mol. The van der Waals surface area contributed by atoms with Gasteiger partial charge in [-0.15, -0.1) is 0 Å². The van der Waals surface area contributed by atoms with Crippen molar-refractivity contribution in [1.82, 2.24) is 5.32 Å². The summed E-state index contributed by atoms with van der Waals surface area (Å²) in [5.41, 5.74) is 1.32. The summed E-state index contributed by atoms with van der Waals surface area (Å²) in [6.07, 6.45) is 3.28. The highest BCUT2D eigenvalue weighted by atomic mass is 19.1. The maximum absolute atomic E-state index is 12.8. The van der Waals surface area contributed by atoms with Crippen LogP contribution in [0.1, 0.15) is 5.56 Å². The number of hydrogen-bond acceptors (Lipinski definition) is 0. The van der Waals surface area contributed by atoms with Crippen molar-refractivity contribution in [3.05, 3.63) is 35.8 Å². The Kier molecular flexibility index (Phi) is 1.01. The third-order valence-corrected chi connectivity index (χ3v) is 1.48. The van der Waals surface area contributed by atoms with E-state index in [0.29, 0.717) is 5.56 Å². The first kappa shape index (κ1) is 5.47. The SMILES string of the molecule is Fc1cccc2c1C=C[N]2. The molecule has 0 unspecified atom stereocenters. The van der Waals surface area contributed by atoms with Crippen LogP contribution >= 0.6 is 0 Å². The van der Waals surface area contributed by atoms with Gasteiger partial charge >= 0.3 is 0 Å². The second-order valence-electron chi connectivity index (χ2n) is 2.12. The standard InChI is InChI=1S/C8H5FN/c9-7-2-1-3-8-6(7)4-5-10-8/h1-5H. The molecule has 0 atom stereocenters. The predicted octanol–water partition coefficient (Wildman–Crippen LogP) is 2.05. The molecule has 0 aliphatic carbocycles. The van der Waals surface area contributed by atoms with Crippen molar-refractivity contribution in [3.63, 3.8) is 0 Å². The van der Waals surface area contributed by atoms with Crippen LogP contribution in [0.25, 0.3) is 6.08 Å². The molecular weight excluding hydrogens is 129 g/mol. The van der Waals surface area contributed by atoms with Crippen LogP contribution in [0.3, 0.4) is 0 Å². The Hall–Kier alpha value is -1.31. The Morgan fingerprint density at radius 1 is 1.30 bits per heavy atom. The van der Waals surface area contributed by atoms with Gasteiger partial charge in [0.15, 0.2) is 0 Å². The van der Waals surface area contributed by atoms with E-state index in [9.17, 15) is 4.39 Å². The molecule has 1 nitrogen and oxygen atoms in total. The third-order valence-electron chi connectivity index (χ3n) is 1.48. The second kappa shape index (κ2) is 1.84. The minimum absolute atomic E-state index is 0.199. The van der Waals surface area contributed by atoms with E-state index in [1.807, 2.05) is 0 Å². The number of rotatable bonds is 0. The van der Waals surface area contributed by atoms with Gasteiger partial charge in [0.05, 0.1) is 5.69 Å². The van der Waals surface area contributed by atoms with E-state index in [4.69, 9.17) is 0 Å². The van der Waals surface area contributed by atoms with Crippen molar-refractivity contribution in [3.8, 4) is 0 Å². The molecule has 1 aromatic carbocycles. The molecule has 2 rings (SSSR count). The van der Waals surface area contributed by atoms with Crippen LogP contribution in [0.2, 0.25) is 0 Å². The summed E-state index contributed by atoms with van der Waals surface area (Å²) in [6.45, 7) is 0. The molecule has 0 bridgehead atoms. The van der Waals surface area contributed by atoms with Crippen molar-refractivity contribution >= 4 is 11.8 Å². The lowest BCUT2D eigenvalue weighted by atomic mass is 10.2. The van der Waals surface area contributed by atoms with Crippen LogP contribution in [0, 0.1) is 5.82 Å². The lowest BCUT2D eigenvalue weighted by Gasteiger charge is -1.95. The van der Waals surface area contributed by atoms with Gasteiger partial charge in [0.1, 0.15) is 5.82 Å². The highest BCUT2D eigenvalue weighted by Gasteiger charge is 2.08. The first-order chi connectivity index (χ1) is 4.88. The molecule has 1 radical (unpaired) electrons. The summed E-state index contributed by atoms with van der Waals surface area (Å²) in [4.78, 5) is 0. The van der Waals surface area contributed by atoms with Crippen molar-refractivity contribution in [2.75, 3.05) is 0 Å². The Bertz CT molecular complexity index is 291. The first-order valence-electron chi connectivity index (χ1n) is 3.04. The summed E-state index contributed by atoms with van der Waals surface area (Å²) in [7, 11) is 0. The van der Waals surface area contributed by atoms with Crippen LogP contribution in [-0.2, 0) is 0 Å². The second-order valence-corrected chi connectivity index (χ2v) is 2.12. The fraction of sp³-hybridized carbons (Fsp3) is 0. The van der Waals surface area contributed by atoms with E-state index in [1.54, 1.807) is 24.4 Å². The van der Waals surface area contributed by atoms with Crippen molar-refractivity contribution < 1.29 is 4.39 Å². The fourth-order valence-electron chi connectivity index (χ4n) is 0.995. The van der Waals surface area contributed by atoms with Crippen LogP contribution < -0.4 is 5.32 Å². The van der Waals surface area contributed by atoms with Crippen molar-refractivity contribution in [2.24, 2.45) is 0 Å². The molecule has 1 aliphatic rings. The summed E-state index contributed by atoms with van der Waals surface area (Å²) < 4.78 is 12.8. The van der Waals surface area contributed by atoms with Gasteiger partial charge in [0, 0.05) is 11.8 Å². The van der Waals surface area contributed by atoms with E-state index >= 15 is 0 Å². The first-order valence-corrected chi connectivity index (χ1v) is 3.04. The number of hydrogen-bond donors (Lipinski definition) is 0. The van der Waals surface area contributed by atoms with Crippen molar-refractivity contribution in [1.29, 1.82) is 0 Å². The van der Waals surface area contributed by atoms with Gasteiger partial charge in [-0.2, -0.15) is 0 Å². The maximum Gasteiger partial charge on any atom is 0.132 e. The van der Waals surface area contributed by atoms with E-state index < -0.39 is 0 Å². The number of fused-ring (bicyclic) bond motifs is 1. The van der Waals surface area contributed by atoms with E-state index in [0.717, 1.165) is 5.69 Å². The van der Waals surface area contributed by atoms with Gasteiger partial charge in [-0.05, 0) is 18.2 Å². The van der Waals surface area contributed by atoms with E-state index in [1.165, 1.54) is 6.07 Å². The average Bonchev–Trinajstić information content (AvgIpc) is 2.36. The van der Waals surface area contributed by atoms with Gasteiger partial charge < -0.3 is 0 Å². The Morgan fingerprint density at radius 2 is 2.20 bits per heavy atom. The molecule has 2 heteroatoms. The van der Waals surface area contributed by atoms with E-state index in [2.05, 4.69) is 5.32 Å². The third kappa shape index (κ3) is 0.620. The quantitative estimate of drug-likeness (QED) is 0.515. The fourth-order valence-corrected chi connectivity index (χ4v) is 0.995. The van der Waals surface area contributed by atoms with Crippen molar-refractivity contribution in [2.45, 2.75) is 0 Å². The van der Waals surface area contributed by atoms with E-state index in [-0.39, 0.29) is 5.82 Å². The molecule has 49 valence electrons. The summed E-state index contributed by atoms with van der Waals surface area (Å²) in [6, 6.07) is 4.88. The lowest BCUT2D eigenvalue weighted by molar-refractivity contribution is 0.625. The average molecular weight is 134 g/mol. The lowest BCUT2D eigenvalue weighted by Crippen LogP contribution is -1.83. The number of nitrogens with zero attached hydrogens (tertiary/aromatic N) is 1. The predicted molar refractivity (Wildman–Crippen MR) is 37.2 cm³/mol. The van der Waals surface area contributed by atoms with Gasteiger partial charge in [-0.1, -0.05) is 6.07 Å². The molecule has 0 N–H and O–H groups in total. The molecule has 10 heavy (non-hydrogen) atoms. The Morgan fingerprint density at radius 3 is 3.00 bits per heavy atom.